The summed E-state index contributed by atoms with van der Waals surface area (Å²) < 4.78 is 31.8. The summed E-state index contributed by atoms with van der Waals surface area (Å²) in [6.45, 7) is 2.17. The number of aromatic hydroxyl groups is 1. The molecule has 0 saturated heterocycles. The van der Waals surface area contributed by atoms with Gasteiger partial charge in [-0.15, -0.1) is 0 Å². The molecule has 184 valence electrons. The Balaban J connectivity index is 1.78. The van der Waals surface area contributed by atoms with Crippen LogP contribution in [0.5, 0.6) is 23.0 Å². The molecule has 0 unspecified atom stereocenters. The summed E-state index contributed by atoms with van der Waals surface area (Å²) in [4.78, 5) is 12.4. The topological polar surface area (TPSA) is 85.2 Å². The highest BCUT2D eigenvalue weighted by Gasteiger charge is 2.27. The Labute approximate surface area is 208 Å². The van der Waals surface area contributed by atoms with E-state index in [9.17, 15) is 15.0 Å². The minimum absolute atomic E-state index is 0.0443. The maximum atomic E-state index is 15.1. The normalized spacial score (nSPS) is 10.7. The summed E-state index contributed by atoms with van der Waals surface area (Å²) in [7, 11) is 2.78. The van der Waals surface area contributed by atoms with E-state index in [0.717, 1.165) is 11.1 Å². The van der Waals surface area contributed by atoms with E-state index in [1.807, 2.05) is 31.2 Å². The van der Waals surface area contributed by atoms with Gasteiger partial charge < -0.3 is 24.4 Å². The Morgan fingerprint density at radius 1 is 0.861 bits per heavy atom. The van der Waals surface area contributed by atoms with Crippen molar-refractivity contribution in [3.05, 3.63) is 95.3 Å². The zero-order valence-corrected chi connectivity index (χ0v) is 20.0. The first-order chi connectivity index (χ1) is 17.3. The van der Waals surface area contributed by atoms with Crippen LogP contribution in [0.3, 0.4) is 0 Å². The highest BCUT2D eigenvalue weighted by molar-refractivity contribution is 6.04. The van der Waals surface area contributed by atoms with E-state index in [4.69, 9.17) is 14.2 Å². The summed E-state index contributed by atoms with van der Waals surface area (Å²) in [5.74, 6) is -1.48. The van der Waals surface area contributed by atoms with E-state index in [1.54, 1.807) is 24.3 Å². The van der Waals surface area contributed by atoms with Gasteiger partial charge in [-0.1, -0.05) is 48.0 Å². The van der Waals surface area contributed by atoms with Gasteiger partial charge in [0.25, 0.3) is 0 Å². The molecule has 6 nitrogen and oxygen atoms in total. The molecule has 0 amide bonds. The van der Waals surface area contributed by atoms with E-state index in [-0.39, 0.29) is 40.7 Å². The molecule has 36 heavy (non-hydrogen) atoms. The molecule has 0 radical (unpaired) electrons. The molecule has 0 atom stereocenters. The number of benzene rings is 4. The molecule has 0 heterocycles. The molecule has 0 fully saturated rings. The molecule has 0 aliphatic carbocycles. The molecule has 0 saturated carbocycles. The van der Waals surface area contributed by atoms with Crippen molar-refractivity contribution < 1.29 is 33.6 Å². The predicted octanol–water partition coefficient (Wildman–Crippen LogP) is 6.47. The molecule has 0 aromatic heterocycles. The van der Waals surface area contributed by atoms with E-state index < -0.39 is 11.8 Å². The van der Waals surface area contributed by atoms with Gasteiger partial charge in [-0.3, -0.25) is 0 Å². The lowest BCUT2D eigenvalue weighted by atomic mass is 9.92. The Morgan fingerprint density at radius 2 is 1.53 bits per heavy atom. The third-order valence-electron chi connectivity index (χ3n) is 5.80. The minimum atomic E-state index is -1.26. The minimum Gasteiger partial charge on any atom is -0.508 e. The van der Waals surface area contributed by atoms with Gasteiger partial charge in [-0.05, 0) is 53.9 Å². The second kappa shape index (κ2) is 10.4. The number of halogens is 1. The fourth-order valence-electron chi connectivity index (χ4n) is 3.98. The van der Waals surface area contributed by atoms with Gasteiger partial charge in [0.1, 0.15) is 29.4 Å². The maximum absolute atomic E-state index is 15.1. The number of carbonyl (C=O) groups is 1. The largest absolute Gasteiger partial charge is 0.508 e. The standard InChI is InChI=1S/C29H25FO6/c1-17-4-6-18(7-5-17)16-36-24-13-10-20(14-23(24)30)26-25(34-2)15-22(19-8-11-21(31)12-9-19)28(35-3)27(26)29(32)33/h4-15,31H,16H2,1-3H3,(H,32,33). The SMILES string of the molecule is COc1cc(-c2ccc(O)cc2)c(OC)c(C(=O)O)c1-c1ccc(OCc2ccc(C)cc2)c(F)c1. The molecule has 4 aromatic carbocycles. The van der Waals surface area contributed by atoms with Crippen molar-refractivity contribution in [1.82, 2.24) is 0 Å². The Bertz CT molecular complexity index is 1400. The molecule has 7 heteroatoms. The lowest BCUT2D eigenvalue weighted by Crippen LogP contribution is -2.07. The highest BCUT2D eigenvalue weighted by Crippen LogP contribution is 2.45. The summed E-state index contributed by atoms with van der Waals surface area (Å²) in [5.41, 5.74) is 3.37. The number of hydrogen-bond acceptors (Lipinski definition) is 5. The van der Waals surface area contributed by atoms with E-state index in [0.29, 0.717) is 16.7 Å². The summed E-state index contributed by atoms with van der Waals surface area (Å²) in [5, 5.41) is 19.8. The predicted molar refractivity (Wildman–Crippen MR) is 135 cm³/mol. The van der Waals surface area contributed by atoms with Crippen LogP contribution in [-0.2, 0) is 6.61 Å². The van der Waals surface area contributed by atoms with Gasteiger partial charge in [0.15, 0.2) is 11.6 Å². The van der Waals surface area contributed by atoms with Crippen molar-refractivity contribution >= 4 is 5.97 Å². The Kier molecular flexibility index (Phi) is 7.10. The number of phenolic OH excluding ortho intramolecular Hbond substituents is 1. The fourth-order valence-corrected chi connectivity index (χ4v) is 3.98. The second-order valence-electron chi connectivity index (χ2n) is 8.18. The number of methoxy groups -OCH3 is 2. The van der Waals surface area contributed by atoms with Crippen molar-refractivity contribution in [3.63, 3.8) is 0 Å². The molecule has 4 aromatic rings. The second-order valence-corrected chi connectivity index (χ2v) is 8.18. The molecule has 0 spiro atoms. The van der Waals surface area contributed by atoms with Gasteiger partial charge >= 0.3 is 5.97 Å². The fraction of sp³-hybridized carbons (Fsp3) is 0.138. The van der Waals surface area contributed by atoms with Crippen molar-refractivity contribution in [2.75, 3.05) is 14.2 Å². The van der Waals surface area contributed by atoms with Crippen molar-refractivity contribution in [2.45, 2.75) is 13.5 Å². The first-order valence-electron chi connectivity index (χ1n) is 11.1. The van der Waals surface area contributed by atoms with E-state index in [2.05, 4.69) is 0 Å². The lowest BCUT2D eigenvalue weighted by Gasteiger charge is -2.19. The first-order valence-corrected chi connectivity index (χ1v) is 11.1. The number of carboxylic acid groups (broad SMARTS) is 1. The van der Waals surface area contributed by atoms with Gasteiger partial charge in [0.05, 0.1) is 14.2 Å². The molecule has 0 aliphatic rings. The Hall–Kier alpha value is -4.52. The van der Waals surface area contributed by atoms with Crippen LogP contribution >= 0.6 is 0 Å². The van der Waals surface area contributed by atoms with Crippen LogP contribution in [0.25, 0.3) is 22.3 Å². The summed E-state index contributed by atoms with van der Waals surface area (Å²) in [6, 6.07) is 19.9. The van der Waals surface area contributed by atoms with E-state index >= 15 is 4.39 Å². The van der Waals surface area contributed by atoms with Crippen LogP contribution in [0.1, 0.15) is 21.5 Å². The number of ether oxygens (including phenoxy) is 3. The molecule has 2 N–H and O–H groups in total. The highest BCUT2D eigenvalue weighted by atomic mass is 19.1. The van der Waals surface area contributed by atoms with Crippen LogP contribution < -0.4 is 14.2 Å². The lowest BCUT2D eigenvalue weighted by molar-refractivity contribution is 0.0694. The summed E-state index contributed by atoms with van der Waals surface area (Å²) in [6.07, 6.45) is 0. The number of aromatic carboxylic acids is 1. The first kappa shape index (κ1) is 24.6. The molecule has 4 rings (SSSR count). The number of hydrogen-bond donors (Lipinski definition) is 2. The molecule has 0 bridgehead atoms. The van der Waals surface area contributed by atoms with Crippen molar-refractivity contribution in [2.24, 2.45) is 0 Å². The number of carboxylic acids is 1. The quantitative estimate of drug-likeness (QED) is 0.296. The van der Waals surface area contributed by atoms with Gasteiger partial charge in [-0.2, -0.15) is 0 Å². The van der Waals surface area contributed by atoms with Crippen LogP contribution in [0.15, 0.2) is 72.8 Å². The maximum Gasteiger partial charge on any atom is 0.340 e. The van der Waals surface area contributed by atoms with E-state index in [1.165, 1.54) is 38.5 Å². The third kappa shape index (κ3) is 4.95. The number of rotatable bonds is 8. The zero-order chi connectivity index (χ0) is 25.8. The van der Waals surface area contributed by atoms with Crippen LogP contribution in [0, 0.1) is 12.7 Å². The van der Waals surface area contributed by atoms with Gasteiger partial charge in [0.2, 0.25) is 0 Å². The Morgan fingerprint density at radius 3 is 2.11 bits per heavy atom. The molecule has 0 aliphatic heterocycles. The average Bonchev–Trinajstić information content (AvgIpc) is 2.88. The molecular formula is C29H25FO6. The van der Waals surface area contributed by atoms with Crippen LogP contribution in [-0.4, -0.2) is 30.4 Å². The monoisotopic (exact) mass is 488 g/mol. The smallest absolute Gasteiger partial charge is 0.340 e. The van der Waals surface area contributed by atoms with Crippen molar-refractivity contribution in [3.8, 4) is 45.3 Å². The molecular weight excluding hydrogens is 463 g/mol. The van der Waals surface area contributed by atoms with Crippen molar-refractivity contribution in [1.29, 1.82) is 0 Å². The zero-order valence-electron chi connectivity index (χ0n) is 20.0. The van der Waals surface area contributed by atoms with Crippen LogP contribution in [0.2, 0.25) is 0 Å². The van der Waals surface area contributed by atoms with Gasteiger partial charge in [0, 0.05) is 11.1 Å². The number of aryl methyl sites for hydroxylation is 1. The number of phenols is 1. The van der Waals surface area contributed by atoms with Gasteiger partial charge in [-0.25, -0.2) is 9.18 Å². The summed E-state index contributed by atoms with van der Waals surface area (Å²) >= 11 is 0. The average molecular weight is 489 g/mol. The third-order valence-corrected chi connectivity index (χ3v) is 5.80. The van der Waals surface area contributed by atoms with Crippen LogP contribution in [0.4, 0.5) is 4.39 Å².